The molecule has 0 saturated carbocycles. The van der Waals surface area contributed by atoms with E-state index in [-0.39, 0.29) is 0 Å². The van der Waals surface area contributed by atoms with Gasteiger partial charge in [-0.05, 0) is 37.9 Å². The molecule has 0 amide bonds. The number of aromatic nitrogens is 2. The molecule has 0 radical (unpaired) electrons. The first kappa shape index (κ1) is 10.6. The van der Waals surface area contributed by atoms with Gasteiger partial charge in [-0.2, -0.15) is 0 Å². The molecule has 0 bridgehead atoms. The van der Waals surface area contributed by atoms with Crippen LogP contribution in [-0.2, 0) is 6.54 Å². The molecule has 0 unspecified atom stereocenters. The summed E-state index contributed by atoms with van der Waals surface area (Å²) >= 11 is 0. The molecule has 2 rings (SSSR count). The topological polar surface area (TPSA) is 29.0 Å². The summed E-state index contributed by atoms with van der Waals surface area (Å²) in [4.78, 5) is 11.3. The van der Waals surface area contributed by atoms with Crippen LogP contribution in [0, 0.1) is 0 Å². The minimum absolute atomic E-state index is 0.491. The smallest absolute Gasteiger partial charge is 0.142 e. The Kier molecular flexibility index (Phi) is 3.31. The first-order valence-electron chi connectivity index (χ1n) is 5.80. The van der Waals surface area contributed by atoms with Crippen molar-refractivity contribution in [2.45, 2.75) is 39.2 Å². The molecule has 3 heteroatoms. The van der Waals surface area contributed by atoms with Crippen LogP contribution in [0.2, 0.25) is 0 Å². The molecule has 1 aliphatic rings. The fourth-order valence-corrected chi connectivity index (χ4v) is 1.95. The van der Waals surface area contributed by atoms with Gasteiger partial charge in [0.1, 0.15) is 5.82 Å². The number of hydrogen-bond acceptors (Lipinski definition) is 3. The predicted molar refractivity (Wildman–Crippen MR) is 60.6 cm³/mol. The van der Waals surface area contributed by atoms with Crippen molar-refractivity contribution >= 4 is 0 Å². The molecule has 1 aromatic rings. The summed E-state index contributed by atoms with van der Waals surface area (Å²) in [5.41, 5.74) is 1.15. The first-order valence-corrected chi connectivity index (χ1v) is 5.80. The lowest BCUT2D eigenvalue weighted by Crippen LogP contribution is -2.20. The highest BCUT2D eigenvalue weighted by Crippen LogP contribution is 2.13. The Hall–Kier alpha value is -0.960. The van der Waals surface area contributed by atoms with Crippen LogP contribution in [-0.4, -0.2) is 28.0 Å². The van der Waals surface area contributed by atoms with Gasteiger partial charge in [-0.3, -0.25) is 4.90 Å². The molecule has 2 heterocycles. The second-order valence-electron chi connectivity index (χ2n) is 4.54. The number of nitrogens with zero attached hydrogens (tertiary/aromatic N) is 3. The molecular formula is C12H19N3. The van der Waals surface area contributed by atoms with Gasteiger partial charge < -0.3 is 0 Å². The van der Waals surface area contributed by atoms with Crippen LogP contribution < -0.4 is 0 Å². The summed E-state index contributed by atoms with van der Waals surface area (Å²) in [6.07, 6.45) is 4.53. The quantitative estimate of drug-likeness (QED) is 0.757. The third-order valence-electron chi connectivity index (χ3n) is 2.88. The molecule has 0 aliphatic carbocycles. The molecule has 1 aliphatic heterocycles. The fraction of sp³-hybridized carbons (Fsp3) is 0.667. The van der Waals surface area contributed by atoms with Gasteiger partial charge in [0.05, 0.1) is 6.54 Å². The maximum atomic E-state index is 4.58. The van der Waals surface area contributed by atoms with Crippen LogP contribution >= 0.6 is 0 Å². The minimum Gasteiger partial charge on any atom is -0.296 e. The van der Waals surface area contributed by atoms with Crippen molar-refractivity contribution in [3.63, 3.8) is 0 Å². The highest BCUT2D eigenvalue weighted by Gasteiger charge is 2.13. The summed E-state index contributed by atoms with van der Waals surface area (Å²) in [7, 11) is 0. The minimum atomic E-state index is 0.491. The fourth-order valence-electron chi connectivity index (χ4n) is 1.95. The molecule has 0 atom stereocenters. The maximum Gasteiger partial charge on any atom is 0.142 e. The van der Waals surface area contributed by atoms with E-state index in [4.69, 9.17) is 0 Å². The lowest BCUT2D eigenvalue weighted by atomic mass is 10.1. The van der Waals surface area contributed by atoms with Crippen molar-refractivity contribution in [1.82, 2.24) is 14.9 Å². The molecule has 1 aromatic heterocycles. The first-order chi connectivity index (χ1) is 7.25. The Morgan fingerprint density at radius 1 is 1.33 bits per heavy atom. The molecule has 1 saturated heterocycles. The Labute approximate surface area is 91.5 Å². The Morgan fingerprint density at radius 3 is 2.73 bits per heavy atom. The SMILES string of the molecule is CC(C)c1ccnc(CN2CCCC2)n1. The van der Waals surface area contributed by atoms with Crippen molar-refractivity contribution in [1.29, 1.82) is 0 Å². The number of rotatable bonds is 3. The molecule has 3 nitrogen and oxygen atoms in total. The van der Waals surface area contributed by atoms with E-state index in [0.29, 0.717) is 5.92 Å². The van der Waals surface area contributed by atoms with E-state index in [1.54, 1.807) is 0 Å². The lowest BCUT2D eigenvalue weighted by Gasteiger charge is -2.14. The van der Waals surface area contributed by atoms with Gasteiger partial charge in [-0.15, -0.1) is 0 Å². The number of hydrogen-bond donors (Lipinski definition) is 0. The summed E-state index contributed by atoms with van der Waals surface area (Å²) in [6, 6.07) is 2.01. The highest BCUT2D eigenvalue weighted by molar-refractivity contribution is 5.06. The maximum absolute atomic E-state index is 4.58. The molecule has 1 fully saturated rings. The highest BCUT2D eigenvalue weighted by atomic mass is 15.2. The van der Waals surface area contributed by atoms with Gasteiger partial charge >= 0.3 is 0 Å². The van der Waals surface area contributed by atoms with Gasteiger partial charge in [-0.25, -0.2) is 9.97 Å². The van der Waals surface area contributed by atoms with Gasteiger partial charge in [0, 0.05) is 11.9 Å². The average Bonchev–Trinajstić information content (AvgIpc) is 2.71. The van der Waals surface area contributed by atoms with E-state index in [2.05, 4.69) is 28.7 Å². The summed E-state index contributed by atoms with van der Waals surface area (Å²) in [5.74, 6) is 1.47. The largest absolute Gasteiger partial charge is 0.296 e. The average molecular weight is 205 g/mol. The summed E-state index contributed by atoms with van der Waals surface area (Å²) in [5, 5.41) is 0. The zero-order valence-electron chi connectivity index (χ0n) is 9.61. The van der Waals surface area contributed by atoms with Gasteiger partial charge in [0.15, 0.2) is 0 Å². The van der Waals surface area contributed by atoms with E-state index < -0.39 is 0 Å². The van der Waals surface area contributed by atoms with Crippen LogP contribution in [0.3, 0.4) is 0 Å². The second-order valence-corrected chi connectivity index (χ2v) is 4.54. The van der Waals surface area contributed by atoms with Crippen molar-refractivity contribution in [2.75, 3.05) is 13.1 Å². The summed E-state index contributed by atoms with van der Waals surface area (Å²) in [6.45, 7) is 7.66. The molecule has 15 heavy (non-hydrogen) atoms. The van der Waals surface area contributed by atoms with Crippen molar-refractivity contribution < 1.29 is 0 Å². The molecule has 0 spiro atoms. The second kappa shape index (κ2) is 4.71. The Morgan fingerprint density at radius 2 is 2.07 bits per heavy atom. The number of likely N-dealkylation sites (tertiary alicyclic amines) is 1. The van der Waals surface area contributed by atoms with Gasteiger partial charge in [-0.1, -0.05) is 13.8 Å². The standard InChI is InChI=1S/C12H19N3/c1-10(2)11-5-6-13-12(14-11)9-15-7-3-4-8-15/h5-6,10H,3-4,7-9H2,1-2H3. The van der Waals surface area contributed by atoms with Crippen LogP contribution in [0.4, 0.5) is 0 Å². The molecule has 0 N–H and O–H groups in total. The van der Waals surface area contributed by atoms with Gasteiger partial charge in [0.2, 0.25) is 0 Å². The van der Waals surface area contributed by atoms with Gasteiger partial charge in [0.25, 0.3) is 0 Å². The predicted octanol–water partition coefficient (Wildman–Crippen LogP) is 2.20. The Balaban J connectivity index is 2.04. The van der Waals surface area contributed by atoms with Crippen LogP contribution in [0.15, 0.2) is 12.3 Å². The van der Waals surface area contributed by atoms with Crippen molar-refractivity contribution in [3.8, 4) is 0 Å². The lowest BCUT2D eigenvalue weighted by molar-refractivity contribution is 0.322. The third-order valence-corrected chi connectivity index (χ3v) is 2.88. The van der Waals surface area contributed by atoms with Crippen molar-refractivity contribution in [3.05, 3.63) is 23.8 Å². The van der Waals surface area contributed by atoms with E-state index in [0.717, 1.165) is 18.1 Å². The van der Waals surface area contributed by atoms with E-state index in [9.17, 15) is 0 Å². The van der Waals surface area contributed by atoms with Crippen LogP contribution in [0.25, 0.3) is 0 Å². The van der Waals surface area contributed by atoms with Crippen molar-refractivity contribution in [2.24, 2.45) is 0 Å². The zero-order chi connectivity index (χ0) is 10.7. The molecular weight excluding hydrogens is 186 g/mol. The molecule has 0 aromatic carbocycles. The summed E-state index contributed by atoms with van der Waals surface area (Å²) < 4.78 is 0. The monoisotopic (exact) mass is 205 g/mol. The van der Waals surface area contributed by atoms with E-state index >= 15 is 0 Å². The molecule has 82 valence electrons. The Bertz CT molecular complexity index is 316. The third kappa shape index (κ3) is 2.75. The normalized spacial score (nSPS) is 17.5. The zero-order valence-corrected chi connectivity index (χ0v) is 9.61. The van der Waals surface area contributed by atoms with E-state index in [1.807, 2.05) is 12.3 Å². The van der Waals surface area contributed by atoms with Crippen LogP contribution in [0.5, 0.6) is 0 Å². The van der Waals surface area contributed by atoms with E-state index in [1.165, 1.54) is 25.9 Å². The van der Waals surface area contributed by atoms with Crippen LogP contribution in [0.1, 0.15) is 44.1 Å².